The van der Waals surface area contributed by atoms with E-state index in [4.69, 9.17) is 9.84 Å². The zero-order valence-electron chi connectivity index (χ0n) is 11.3. The first-order valence-corrected chi connectivity index (χ1v) is 6.82. The first-order valence-electron chi connectivity index (χ1n) is 6.82. The minimum absolute atomic E-state index is 0.122. The van der Waals surface area contributed by atoms with E-state index in [9.17, 15) is 4.79 Å². The quantitative estimate of drug-likeness (QED) is 0.825. The molecular weight excluding hydrogens is 242 g/mol. The molecule has 0 aliphatic heterocycles. The first-order chi connectivity index (χ1) is 9.22. The lowest BCUT2D eigenvalue weighted by molar-refractivity contribution is -0.140. The Labute approximate surface area is 113 Å². The van der Waals surface area contributed by atoms with Crippen LogP contribution in [0.3, 0.4) is 0 Å². The van der Waals surface area contributed by atoms with Crippen molar-refractivity contribution in [1.82, 2.24) is 5.32 Å². The Morgan fingerprint density at radius 2 is 2.32 bits per heavy atom. The summed E-state index contributed by atoms with van der Waals surface area (Å²) in [5.41, 5.74) is 2.63. The molecule has 0 fully saturated rings. The van der Waals surface area contributed by atoms with Gasteiger partial charge in [0.05, 0.1) is 6.10 Å². The molecule has 1 aliphatic rings. The number of fused-ring (bicyclic) bond motifs is 1. The molecule has 0 saturated heterocycles. The van der Waals surface area contributed by atoms with Gasteiger partial charge < -0.3 is 15.2 Å². The molecule has 2 atom stereocenters. The molecule has 0 amide bonds. The highest BCUT2D eigenvalue weighted by atomic mass is 16.5. The summed E-state index contributed by atoms with van der Waals surface area (Å²) in [5, 5.41) is 11.7. The largest absolute Gasteiger partial charge is 0.480 e. The van der Waals surface area contributed by atoms with Gasteiger partial charge in [0.25, 0.3) is 0 Å². The van der Waals surface area contributed by atoms with Gasteiger partial charge in [-0.15, -0.1) is 0 Å². The molecule has 19 heavy (non-hydrogen) atoms. The first kappa shape index (κ1) is 14.0. The van der Waals surface area contributed by atoms with Gasteiger partial charge in [-0.1, -0.05) is 24.3 Å². The summed E-state index contributed by atoms with van der Waals surface area (Å²) in [6.07, 6.45) is 3.88. The smallest absolute Gasteiger partial charge is 0.320 e. The number of benzene rings is 1. The van der Waals surface area contributed by atoms with Crippen molar-refractivity contribution in [2.75, 3.05) is 13.7 Å². The van der Waals surface area contributed by atoms with Gasteiger partial charge in [-0.25, -0.2) is 0 Å². The maximum atomic E-state index is 10.9. The van der Waals surface area contributed by atoms with Gasteiger partial charge in [-0.3, -0.25) is 4.79 Å². The van der Waals surface area contributed by atoms with E-state index in [1.165, 1.54) is 11.1 Å². The predicted octanol–water partition coefficient (Wildman–Crippen LogP) is 2.14. The Kier molecular flexibility index (Phi) is 4.93. The molecule has 1 aromatic carbocycles. The van der Waals surface area contributed by atoms with E-state index in [0.29, 0.717) is 13.0 Å². The summed E-state index contributed by atoms with van der Waals surface area (Å²) >= 11 is 0. The second kappa shape index (κ2) is 6.68. The molecule has 4 nitrogen and oxygen atoms in total. The number of hydrogen-bond donors (Lipinski definition) is 2. The number of carboxylic acid groups (broad SMARTS) is 1. The highest BCUT2D eigenvalue weighted by Crippen LogP contribution is 2.32. The lowest BCUT2D eigenvalue weighted by Gasteiger charge is -2.26. The highest BCUT2D eigenvalue weighted by Gasteiger charge is 2.21. The molecule has 0 bridgehead atoms. The van der Waals surface area contributed by atoms with E-state index in [-0.39, 0.29) is 6.10 Å². The fourth-order valence-electron chi connectivity index (χ4n) is 2.60. The summed E-state index contributed by atoms with van der Waals surface area (Å²) in [6.45, 7) is 0.469. The number of hydrogen-bond acceptors (Lipinski definition) is 3. The standard InChI is InChI=1S/C15H21NO3/c1-16-13(15(17)18)9-10-19-14-8-4-6-11-5-2-3-7-12(11)14/h2-3,5,7,13-14,16H,4,6,8-10H2,1H3,(H,17,18). The molecule has 2 N–H and O–H groups in total. The van der Waals surface area contributed by atoms with Gasteiger partial charge in [0.1, 0.15) is 6.04 Å². The molecule has 0 radical (unpaired) electrons. The number of aryl methyl sites for hydroxylation is 1. The van der Waals surface area contributed by atoms with Gasteiger partial charge in [-0.2, -0.15) is 0 Å². The van der Waals surface area contributed by atoms with Crippen molar-refractivity contribution in [2.24, 2.45) is 0 Å². The van der Waals surface area contributed by atoms with E-state index >= 15 is 0 Å². The Hall–Kier alpha value is -1.39. The summed E-state index contributed by atoms with van der Waals surface area (Å²) in [5.74, 6) is -0.824. The normalized spacial score (nSPS) is 19.7. The van der Waals surface area contributed by atoms with Crippen molar-refractivity contribution < 1.29 is 14.6 Å². The molecule has 104 valence electrons. The van der Waals surface area contributed by atoms with Crippen LogP contribution in [-0.2, 0) is 16.0 Å². The SMILES string of the molecule is CNC(CCOC1CCCc2ccccc21)C(=O)O. The molecule has 4 heteroatoms. The fourth-order valence-corrected chi connectivity index (χ4v) is 2.60. The summed E-state index contributed by atoms with van der Waals surface area (Å²) in [6, 6.07) is 7.83. The van der Waals surface area contributed by atoms with Crippen LogP contribution >= 0.6 is 0 Å². The van der Waals surface area contributed by atoms with Crippen molar-refractivity contribution in [1.29, 1.82) is 0 Å². The van der Waals surface area contributed by atoms with Crippen LogP contribution in [0, 0.1) is 0 Å². The Morgan fingerprint density at radius 1 is 1.53 bits per heavy atom. The zero-order chi connectivity index (χ0) is 13.7. The number of carboxylic acids is 1. The molecule has 1 aromatic rings. The monoisotopic (exact) mass is 263 g/mol. The number of ether oxygens (including phenoxy) is 1. The van der Waals surface area contributed by atoms with Crippen LogP contribution in [-0.4, -0.2) is 30.8 Å². The Morgan fingerprint density at radius 3 is 3.05 bits per heavy atom. The zero-order valence-corrected chi connectivity index (χ0v) is 11.3. The summed E-state index contributed by atoms with van der Waals surface area (Å²) in [4.78, 5) is 10.9. The maximum absolute atomic E-state index is 10.9. The second-order valence-corrected chi connectivity index (χ2v) is 4.92. The molecular formula is C15H21NO3. The van der Waals surface area contributed by atoms with Crippen molar-refractivity contribution in [2.45, 2.75) is 37.8 Å². The minimum atomic E-state index is -0.824. The lowest BCUT2D eigenvalue weighted by Crippen LogP contribution is -2.35. The van der Waals surface area contributed by atoms with Gasteiger partial charge in [-0.05, 0) is 43.9 Å². The lowest BCUT2D eigenvalue weighted by atomic mass is 9.89. The van der Waals surface area contributed by atoms with Gasteiger partial charge in [0.2, 0.25) is 0 Å². The highest BCUT2D eigenvalue weighted by molar-refractivity contribution is 5.73. The van der Waals surface area contributed by atoms with Crippen molar-refractivity contribution >= 4 is 5.97 Å². The molecule has 0 heterocycles. The minimum Gasteiger partial charge on any atom is -0.480 e. The van der Waals surface area contributed by atoms with Gasteiger partial charge >= 0.3 is 5.97 Å². The molecule has 0 saturated carbocycles. The average molecular weight is 263 g/mol. The maximum Gasteiger partial charge on any atom is 0.320 e. The third-order valence-electron chi connectivity index (χ3n) is 3.69. The fraction of sp³-hybridized carbons (Fsp3) is 0.533. The number of aliphatic carboxylic acids is 1. The second-order valence-electron chi connectivity index (χ2n) is 4.92. The number of likely N-dealkylation sites (N-methyl/N-ethyl adjacent to an activating group) is 1. The van der Waals surface area contributed by atoms with E-state index in [0.717, 1.165) is 19.3 Å². The number of rotatable bonds is 6. The van der Waals surface area contributed by atoms with Crippen LogP contribution in [0.1, 0.15) is 36.5 Å². The number of carbonyl (C=O) groups is 1. The third-order valence-corrected chi connectivity index (χ3v) is 3.69. The van der Waals surface area contributed by atoms with Crippen LogP contribution in [0.25, 0.3) is 0 Å². The van der Waals surface area contributed by atoms with Gasteiger partial charge in [0.15, 0.2) is 0 Å². The molecule has 0 spiro atoms. The van der Waals surface area contributed by atoms with Crippen LogP contribution < -0.4 is 5.32 Å². The van der Waals surface area contributed by atoms with Crippen molar-refractivity contribution in [3.63, 3.8) is 0 Å². The van der Waals surface area contributed by atoms with Crippen molar-refractivity contribution in [3.8, 4) is 0 Å². The van der Waals surface area contributed by atoms with Gasteiger partial charge in [0, 0.05) is 6.61 Å². The van der Waals surface area contributed by atoms with E-state index in [2.05, 4.69) is 23.5 Å². The Balaban J connectivity index is 1.89. The Bertz CT molecular complexity index is 433. The van der Waals surface area contributed by atoms with E-state index < -0.39 is 12.0 Å². The summed E-state index contributed by atoms with van der Waals surface area (Å²) < 4.78 is 5.89. The molecule has 0 aromatic heterocycles. The molecule has 2 unspecified atom stereocenters. The molecule has 2 rings (SSSR count). The summed E-state index contributed by atoms with van der Waals surface area (Å²) in [7, 11) is 1.66. The van der Waals surface area contributed by atoms with Crippen LogP contribution in [0.2, 0.25) is 0 Å². The number of nitrogens with one attached hydrogen (secondary N) is 1. The predicted molar refractivity (Wildman–Crippen MR) is 73.2 cm³/mol. The van der Waals surface area contributed by atoms with E-state index in [1.807, 2.05) is 6.07 Å². The van der Waals surface area contributed by atoms with E-state index in [1.54, 1.807) is 7.05 Å². The topological polar surface area (TPSA) is 58.6 Å². The average Bonchev–Trinajstić information content (AvgIpc) is 2.43. The van der Waals surface area contributed by atoms with Crippen LogP contribution in [0.5, 0.6) is 0 Å². The van der Waals surface area contributed by atoms with Crippen LogP contribution in [0.15, 0.2) is 24.3 Å². The van der Waals surface area contributed by atoms with Crippen LogP contribution in [0.4, 0.5) is 0 Å². The van der Waals surface area contributed by atoms with Crippen molar-refractivity contribution in [3.05, 3.63) is 35.4 Å². The molecule has 1 aliphatic carbocycles. The third kappa shape index (κ3) is 3.55.